The number of hydrogen-bond donors (Lipinski definition) is 1. The molecule has 5 nitrogen and oxygen atoms in total. The average Bonchev–Trinajstić information content (AvgIpc) is 3.41. The first kappa shape index (κ1) is 40.2. The number of phenolic OH excluding ortho intramolecular Hbond substituents is 1. The maximum Gasteiger partial charge on any atom is 0.416 e. The van der Waals surface area contributed by atoms with Crippen molar-refractivity contribution in [2.24, 2.45) is 0 Å². The predicted octanol–water partition coefficient (Wildman–Crippen LogP) is 13.3. The van der Waals surface area contributed by atoms with Crippen molar-refractivity contribution in [1.29, 1.82) is 0 Å². The normalized spacial score (nSPS) is 15.2. The monoisotopic (exact) mass is 810 g/mol. The lowest BCUT2D eigenvalue weighted by molar-refractivity contribution is -0.143. The Kier molecular flexibility index (Phi) is 10.4. The molecule has 0 unspecified atom stereocenters. The van der Waals surface area contributed by atoms with Crippen LogP contribution in [0.15, 0.2) is 72.8 Å². The Bertz CT molecular complexity index is 2310. The maximum atomic E-state index is 14.9. The van der Waals surface area contributed by atoms with E-state index >= 15 is 0 Å². The summed E-state index contributed by atoms with van der Waals surface area (Å²) in [4.78, 5) is 0. The van der Waals surface area contributed by atoms with E-state index in [-0.39, 0.29) is 55.6 Å². The fourth-order valence-electron chi connectivity index (χ4n) is 8.11. The predicted molar refractivity (Wildman–Crippen MR) is 209 cm³/mol. The summed E-state index contributed by atoms with van der Waals surface area (Å²) in [6.45, 7) is 8.29. The van der Waals surface area contributed by atoms with Crippen molar-refractivity contribution in [2.45, 2.75) is 76.7 Å². The van der Waals surface area contributed by atoms with Gasteiger partial charge in [0.05, 0.1) is 36.5 Å². The number of alkyl halides is 6. The molecule has 0 bridgehead atoms. The smallest absolute Gasteiger partial charge is 0.416 e. The zero-order valence-electron chi connectivity index (χ0n) is 32.0. The highest BCUT2D eigenvalue weighted by Crippen LogP contribution is 2.62. The van der Waals surface area contributed by atoms with Crippen LogP contribution in [0.2, 0.25) is 5.02 Å². The molecule has 5 aromatic rings. The Morgan fingerprint density at radius 2 is 1.33 bits per heavy atom. The van der Waals surface area contributed by atoms with Crippen molar-refractivity contribution >= 4 is 28.4 Å². The molecule has 0 aromatic heterocycles. The first-order valence-electron chi connectivity index (χ1n) is 18.8. The zero-order valence-corrected chi connectivity index (χ0v) is 32.7. The molecular weight excluding hydrogens is 770 g/mol. The molecule has 0 saturated carbocycles. The lowest BCUT2D eigenvalue weighted by Crippen LogP contribution is -2.35. The van der Waals surface area contributed by atoms with Crippen molar-refractivity contribution < 1.29 is 50.4 Å². The van der Waals surface area contributed by atoms with Crippen molar-refractivity contribution in [3.8, 4) is 39.9 Å². The molecule has 1 aliphatic carbocycles. The van der Waals surface area contributed by atoms with Gasteiger partial charge in [0.1, 0.15) is 17.2 Å². The molecule has 0 amide bonds. The Morgan fingerprint density at radius 3 is 1.82 bits per heavy atom. The van der Waals surface area contributed by atoms with E-state index in [4.69, 9.17) is 30.5 Å². The van der Waals surface area contributed by atoms with Crippen molar-refractivity contribution in [3.05, 3.63) is 117 Å². The first-order chi connectivity index (χ1) is 27.0. The minimum Gasteiger partial charge on any atom is -0.504 e. The number of fused-ring (bicyclic) bond motifs is 8. The van der Waals surface area contributed by atoms with Crippen LogP contribution in [0.5, 0.6) is 28.7 Å². The van der Waals surface area contributed by atoms with Gasteiger partial charge in [0.2, 0.25) is 0 Å². The van der Waals surface area contributed by atoms with Crippen molar-refractivity contribution in [3.63, 3.8) is 0 Å². The highest BCUT2D eigenvalue weighted by molar-refractivity contribution is 6.39. The summed E-state index contributed by atoms with van der Waals surface area (Å²) in [6.07, 6.45) is -3.03. The van der Waals surface area contributed by atoms with Crippen molar-refractivity contribution in [1.82, 2.24) is 0 Å². The molecule has 0 fully saturated rings. The second-order valence-corrected chi connectivity index (χ2v) is 15.2. The summed E-state index contributed by atoms with van der Waals surface area (Å²) < 4.78 is 112. The van der Waals surface area contributed by atoms with E-state index < -0.39 is 40.2 Å². The summed E-state index contributed by atoms with van der Waals surface area (Å²) in [7, 11) is 1.29. The van der Waals surface area contributed by atoms with Gasteiger partial charge in [-0.1, -0.05) is 82.5 Å². The molecule has 0 radical (unpaired) electrons. The molecule has 1 aliphatic heterocycles. The van der Waals surface area contributed by atoms with Crippen LogP contribution in [-0.2, 0) is 23.4 Å². The third-order valence-corrected chi connectivity index (χ3v) is 11.2. The topological polar surface area (TPSA) is 57.2 Å². The number of aromatic hydroxyl groups is 1. The van der Waals surface area contributed by atoms with Gasteiger partial charge in [0, 0.05) is 27.5 Å². The molecule has 0 saturated heterocycles. The Labute approximate surface area is 331 Å². The van der Waals surface area contributed by atoms with Crippen LogP contribution in [0.1, 0.15) is 92.3 Å². The lowest BCUT2D eigenvalue weighted by atomic mass is 9.75. The summed E-state index contributed by atoms with van der Waals surface area (Å²) >= 11 is 7.06. The fourth-order valence-corrected chi connectivity index (χ4v) is 8.47. The largest absolute Gasteiger partial charge is 0.504 e. The lowest BCUT2D eigenvalue weighted by Gasteiger charge is -2.38. The van der Waals surface area contributed by atoms with Gasteiger partial charge in [-0.2, -0.15) is 26.3 Å². The fraction of sp³-hybridized carbons (Fsp3) is 0.333. The molecule has 300 valence electrons. The SMILES string of the molecule is CCCCOc1ccc(C2(c3ccc(OCCCC)cc3)C=Cc3c4c(c5cc(O)c(OC)c(Cl)c5c3O2)-c2cc(C(F)(F)F)cc(C(F)(F)F)c2C4(C)C)cc1. The van der Waals surface area contributed by atoms with Gasteiger partial charge in [-0.15, -0.1) is 0 Å². The molecule has 57 heavy (non-hydrogen) atoms. The van der Waals surface area contributed by atoms with Gasteiger partial charge in [0.25, 0.3) is 0 Å². The molecule has 2 aliphatic rings. The number of unbranched alkanes of at least 4 members (excludes halogenated alkanes) is 2. The summed E-state index contributed by atoms with van der Waals surface area (Å²) in [5.74, 6) is 0.835. The standard InChI is InChI=1S/C45H41ClF6O5/c1-6-8-20-55-28-14-10-25(11-15-28)43(26-12-16-29(17-13-26)56-21-9-7-2)19-18-30-38-35(31-24-34(53)41(54-5)39(46)36(31)40(30)57-43)32-22-27(44(47,48)49)23-33(45(50,51)52)37(32)42(38,3)4/h10-19,22-24,53H,6-9,20-21H2,1-5H3. The van der Waals surface area contributed by atoms with E-state index in [1.807, 2.05) is 48.5 Å². The van der Waals surface area contributed by atoms with Crippen molar-refractivity contribution in [2.75, 3.05) is 20.3 Å². The third-order valence-electron chi connectivity index (χ3n) is 10.8. The first-order valence-corrected chi connectivity index (χ1v) is 19.1. The molecule has 1 N–H and O–H groups in total. The zero-order chi connectivity index (χ0) is 41.1. The van der Waals surface area contributed by atoms with E-state index in [0.29, 0.717) is 41.4 Å². The van der Waals surface area contributed by atoms with Crippen LogP contribution >= 0.6 is 11.6 Å². The van der Waals surface area contributed by atoms with Gasteiger partial charge in [0.15, 0.2) is 17.1 Å². The molecule has 12 heteroatoms. The highest BCUT2D eigenvalue weighted by Gasteiger charge is 2.50. The molecule has 0 atom stereocenters. The third kappa shape index (κ3) is 6.81. The minimum atomic E-state index is -5.14. The number of ether oxygens (including phenoxy) is 4. The number of phenols is 1. The minimum absolute atomic E-state index is 0.0723. The number of benzene rings is 5. The van der Waals surface area contributed by atoms with Crippen LogP contribution < -0.4 is 18.9 Å². The van der Waals surface area contributed by atoms with Gasteiger partial charge in [-0.25, -0.2) is 0 Å². The van der Waals surface area contributed by atoms with E-state index in [1.54, 1.807) is 26.0 Å². The van der Waals surface area contributed by atoms with Crippen LogP contribution in [-0.4, -0.2) is 25.4 Å². The van der Waals surface area contributed by atoms with Gasteiger partial charge >= 0.3 is 12.4 Å². The number of rotatable bonds is 11. The van der Waals surface area contributed by atoms with Crippen LogP contribution in [0, 0.1) is 0 Å². The summed E-state index contributed by atoms with van der Waals surface area (Å²) in [5.41, 5.74) is -4.33. The Hall–Kier alpha value is -5.03. The quantitative estimate of drug-likeness (QED) is 0.106. The molecular formula is C45H41ClF6O5. The second-order valence-electron chi connectivity index (χ2n) is 14.8. The Morgan fingerprint density at radius 1 is 0.772 bits per heavy atom. The molecule has 7 rings (SSSR count). The molecule has 0 spiro atoms. The second kappa shape index (κ2) is 14.7. The highest BCUT2D eigenvalue weighted by atomic mass is 35.5. The van der Waals surface area contributed by atoms with E-state index in [0.717, 1.165) is 31.7 Å². The number of halogens is 7. The number of methoxy groups -OCH3 is 1. The van der Waals surface area contributed by atoms with Gasteiger partial charge in [-0.05, 0) is 89.0 Å². The van der Waals surface area contributed by atoms with Gasteiger partial charge < -0.3 is 24.1 Å². The summed E-state index contributed by atoms with van der Waals surface area (Å²) in [6, 6.07) is 16.9. The van der Waals surface area contributed by atoms with E-state index in [2.05, 4.69) is 13.8 Å². The molecule has 1 heterocycles. The summed E-state index contributed by atoms with van der Waals surface area (Å²) in [5, 5.41) is 11.3. The van der Waals surface area contributed by atoms with Crippen LogP contribution in [0.25, 0.3) is 28.0 Å². The van der Waals surface area contributed by atoms with E-state index in [9.17, 15) is 31.4 Å². The van der Waals surface area contributed by atoms with E-state index in [1.165, 1.54) is 13.2 Å². The maximum absolute atomic E-state index is 14.9. The van der Waals surface area contributed by atoms with Gasteiger partial charge in [-0.3, -0.25) is 0 Å². The number of hydrogen-bond acceptors (Lipinski definition) is 5. The van der Waals surface area contributed by atoms with Crippen LogP contribution in [0.3, 0.4) is 0 Å². The van der Waals surface area contributed by atoms with Crippen LogP contribution in [0.4, 0.5) is 26.3 Å². The molecule has 5 aromatic carbocycles. The Balaban J connectivity index is 1.53. The average molecular weight is 811 g/mol.